The van der Waals surface area contributed by atoms with Gasteiger partial charge in [0.15, 0.2) is 5.78 Å². The summed E-state index contributed by atoms with van der Waals surface area (Å²) < 4.78 is 4.31. The van der Waals surface area contributed by atoms with Crippen molar-refractivity contribution in [1.29, 1.82) is 0 Å². The smallest absolute Gasteiger partial charge is 0.313 e. The molecule has 0 aliphatic heterocycles. The highest BCUT2D eigenvalue weighted by molar-refractivity contribution is 6.05. The molecule has 86 valence electrons. The molecule has 1 N–H and O–H groups in total. The molecule has 0 radical (unpaired) electrons. The molecule has 0 bridgehead atoms. The van der Waals surface area contributed by atoms with Crippen LogP contribution in [0.15, 0.2) is 0 Å². The van der Waals surface area contributed by atoms with Crippen LogP contribution >= 0.6 is 0 Å². The highest BCUT2D eigenvalue weighted by Crippen LogP contribution is 2.00. The molecule has 0 rings (SSSR count). The fourth-order valence-electron chi connectivity index (χ4n) is 0.937. The van der Waals surface area contributed by atoms with Crippen molar-refractivity contribution in [3.63, 3.8) is 0 Å². The van der Waals surface area contributed by atoms with Crippen LogP contribution in [0.1, 0.15) is 33.6 Å². The van der Waals surface area contributed by atoms with Gasteiger partial charge < -0.3 is 10.1 Å². The summed E-state index contributed by atoms with van der Waals surface area (Å²) in [4.78, 5) is 33.1. The summed E-state index contributed by atoms with van der Waals surface area (Å²) in [6.45, 7) is 5.45. The van der Waals surface area contributed by atoms with Crippen LogP contribution in [0.25, 0.3) is 0 Å². The van der Waals surface area contributed by atoms with Gasteiger partial charge in [-0.3, -0.25) is 14.4 Å². The predicted molar refractivity (Wildman–Crippen MR) is 54.2 cm³/mol. The van der Waals surface area contributed by atoms with Gasteiger partial charge in [0.05, 0.1) is 13.5 Å². The molecule has 0 aromatic carbocycles. The number of rotatable bonds is 4. The van der Waals surface area contributed by atoms with E-state index in [0.29, 0.717) is 0 Å². The number of hydrogen-bond acceptors (Lipinski definition) is 4. The molecule has 1 amide bonds. The molecule has 5 nitrogen and oxygen atoms in total. The lowest BCUT2D eigenvalue weighted by atomic mass is 10.1. The molecule has 15 heavy (non-hydrogen) atoms. The second-order valence-corrected chi connectivity index (χ2v) is 4.27. The van der Waals surface area contributed by atoms with E-state index in [1.807, 2.05) is 20.8 Å². The maximum atomic E-state index is 11.3. The minimum Gasteiger partial charge on any atom is -0.469 e. The Balaban J connectivity index is 3.98. The lowest BCUT2D eigenvalue weighted by Gasteiger charge is -2.20. The first-order chi connectivity index (χ1) is 6.74. The van der Waals surface area contributed by atoms with Gasteiger partial charge in [0.25, 0.3) is 0 Å². The number of ketones is 1. The number of esters is 1. The number of hydrogen-bond donors (Lipinski definition) is 1. The first-order valence-corrected chi connectivity index (χ1v) is 4.64. The minimum absolute atomic E-state index is 0.285. The number of Topliss-reactive ketones (excluding diaryl/α,β-unsaturated/α-hetero) is 1. The van der Waals surface area contributed by atoms with E-state index in [1.165, 1.54) is 7.11 Å². The Morgan fingerprint density at radius 2 is 1.67 bits per heavy atom. The van der Waals surface area contributed by atoms with Crippen LogP contribution in [0.5, 0.6) is 0 Å². The van der Waals surface area contributed by atoms with Crippen molar-refractivity contribution >= 4 is 17.7 Å². The van der Waals surface area contributed by atoms with Crippen molar-refractivity contribution in [3.8, 4) is 0 Å². The van der Waals surface area contributed by atoms with E-state index in [2.05, 4.69) is 10.1 Å². The Bertz CT molecular complexity index is 265. The summed E-state index contributed by atoms with van der Waals surface area (Å²) in [6, 6.07) is 0. The molecule has 0 heterocycles. The normalized spacial score (nSPS) is 10.7. The van der Waals surface area contributed by atoms with Gasteiger partial charge in [-0.15, -0.1) is 0 Å². The summed E-state index contributed by atoms with van der Waals surface area (Å²) in [5.74, 6) is -1.44. The predicted octanol–water partition coefficient (Wildman–Crippen LogP) is 0.423. The van der Waals surface area contributed by atoms with Crippen molar-refractivity contribution in [1.82, 2.24) is 5.32 Å². The van der Waals surface area contributed by atoms with Crippen molar-refractivity contribution in [2.75, 3.05) is 7.11 Å². The van der Waals surface area contributed by atoms with Gasteiger partial charge in [0.2, 0.25) is 5.91 Å². The average Bonchev–Trinajstić information content (AvgIpc) is 1.99. The lowest BCUT2D eigenvalue weighted by Crippen LogP contribution is -2.41. The van der Waals surface area contributed by atoms with Crippen LogP contribution in [0, 0.1) is 0 Å². The van der Waals surface area contributed by atoms with E-state index in [-0.39, 0.29) is 24.3 Å². The second-order valence-electron chi connectivity index (χ2n) is 4.27. The molecule has 0 fully saturated rings. The molecule has 5 heteroatoms. The van der Waals surface area contributed by atoms with Crippen molar-refractivity contribution in [3.05, 3.63) is 0 Å². The van der Waals surface area contributed by atoms with Crippen molar-refractivity contribution in [2.45, 2.75) is 39.2 Å². The number of methoxy groups -OCH3 is 1. The number of amides is 1. The Morgan fingerprint density at radius 1 is 1.13 bits per heavy atom. The Hall–Kier alpha value is -1.39. The molecule has 0 aliphatic carbocycles. The van der Waals surface area contributed by atoms with Crippen molar-refractivity contribution < 1.29 is 19.1 Å². The molecule has 0 spiro atoms. The number of carbonyl (C=O) groups is 3. The van der Waals surface area contributed by atoms with E-state index in [1.54, 1.807) is 0 Å². The second kappa shape index (κ2) is 5.48. The third-order valence-electron chi connectivity index (χ3n) is 1.44. The largest absolute Gasteiger partial charge is 0.469 e. The van der Waals surface area contributed by atoms with Crippen LogP contribution in [-0.4, -0.2) is 30.3 Å². The van der Waals surface area contributed by atoms with Gasteiger partial charge in [-0.2, -0.15) is 0 Å². The van der Waals surface area contributed by atoms with Gasteiger partial charge in [-0.05, 0) is 20.8 Å². The third kappa shape index (κ3) is 7.66. The molecule has 0 saturated carbocycles. The average molecular weight is 215 g/mol. The standard InChI is InChI=1S/C10H17NO4/c1-10(2,3)11-8(13)5-7(12)6-9(14)15-4/h5-6H2,1-4H3,(H,11,13). The monoisotopic (exact) mass is 215 g/mol. The Morgan fingerprint density at radius 3 is 2.07 bits per heavy atom. The molecule has 0 saturated heterocycles. The fraction of sp³-hybridized carbons (Fsp3) is 0.700. The van der Waals surface area contributed by atoms with E-state index >= 15 is 0 Å². The molecule has 0 atom stereocenters. The van der Waals surface area contributed by atoms with E-state index in [4.69, 9.17) is 0 Å². The summed E-state index contributed by atoms with van der Waals surface area (Å²) in [6.07, 6.45) is -0.638. The zero-order valence-corrected chi connectivity index (χ0v) is 9.55. The molecule has 0 unspecified atom stereocenters. The highest BCUT2D eigenvalue weighted by atomic mass is 16.5. The van der Waals surface area contributed by atoms with Crippen LogP contribution in [0.2, 0.25) is 0 Å². The maximum Gasteiger partial charge on any atom is 0.313 e. The molecular formula is C10H17NO4. The Labute approximate surface area is 89.2 Å². The van der Waals surface area contributed by atoms with Crippen LogP contribution in [0.4, 0.5) is 0 Å². The number of carbonyl (C=O) groups excluding carboxylic acids is 3. The highest BCUT2D eigenvalue weighted by Gasteiger charge is 2.18. The summed E-state index contributed by atoms with van der Waals surface area (Å²) in [5, 5.41) is 2.63. The number of nitrogens with one attached hydrogen (secondary N) is 1. The van der Waals surface area contributed by atoms with Gasteiger partial charge in [0.1, 0.15) is 6.42 Å². The van der Waals surface area contributed by atoms with Gasteiger partial charge in [-0.25, -0.2) is 0 Å². The molecular weight excluding hydrogens is 198 g/mol. The topological polar surface area (TPSA) is 72.5 Å². The minimum atomic E-state index is -0.622. The van der Waals surface area contributed by atoms with Crippen LogP contribution < -0.4 is 5.32 Å². The molecule has 0 aromatic rings. The third-order valence-corrected chi connectivity index (χ3v) is 1.44. The van der Waals surface area contributed by atoms with E-state index < -0.39 is 11.8 Å². The van der Waals surface area contributed by atoms with Crippen LogP contribution in [0.3, 0.4) is 0 Å². The maximum absolute atomic E-state index is 11.3. The Kier molecular flexibility index (Phi) is 4.97. The summed E-state index contributed by atoms with van der Waals surface area (Å²) >= 11 is 0. The van der Waals surface area contributed by atoms with Gasteiger partial charge in [-0.1, -0.05) is 0 Å². The molecule has 0 aromatic heterocycles. The van der Waals surface area contributed by atoms with E-state index in [0.717, 1.165) is 0 Å². The summed E-state index contributed by atoms with van der Waals surface area (Å²) in [7, 11) is 1.20. The van der Waals surface area contributed by atoms with Crippen LogP contribution in [-0.2, 0) is 19.1 Å². The quantitative estimate of drug-likeness (QED) is 0.545. The zero-order chi connectivity index (χ0) is 12.1. The SMILES string of the molecule is COC(=O)CC(=O)CC(=O)NC(C)(C)C. The molecule has 0 aliphatic rings. The zero-order valence-electron chi connectivity index (χ0n) is 9.55. The first kappa shape index (κ1) is 13.6. The van der Waals surface area contributed by atoms with Crippen molar-refractivity contribution in [2.24, 2.45) is 0 Å². The lowest BCUT2D eigenvalue weighted by molar-refractivity contribution is -0.143. The van der Waals surface area contributed by atoms with Gasteiger partial charge in [0, 0.05) is 5.54 Å². The first-order valence-electron chi connectivity index (χ1n) is 4.64. The van der Waals surface area contributed by atoms with Gasteiger partial charge >= 0.3 is 5.97 Å². The van der Waals surface area contributed by atoms with E-state index in [9.17, 15) is 14.4 Å². The number of ether oxygens (including phenoxy) is 1. The fourth-order valence-corrected chi connectivity index (χ4v) is 0.937. The summed E-state index contributed by atoms with van der Waals surface area (Å²) in [5.41, 5.74) is -0.372.